The van der Waals surface area contributed by atoms with E-state index in [1.807, 2.05) is 47.0 Å². The largest absolute Gasteiger partial charge is 0.324 e. The highest BCUT2D eigenvalue weighted by atomic mass is 35.5. The first-order valence-electron chi connectivity index (χ1n) is 7.76. The van der Waals surface area contributed by atoms with Crippen LogP contribution in [0, 0.1) is 13.8 Å². The first-order chi connectivity index (χ1) is 11.1. The van der Waals surface area contributed by atoms with Crippen molar-refractivity contribution in [3.63, 3.8) is 0 Å². The normalized spacial score (nSPS) is 18.9. The van der Waals surface area contributed by atoms with Crippen LogP contribution >= 0.6 is 23.4 Å². The number of halogens is 1. The lowest BCUT2D eigenvalue weighted by molar-refractivity contribution is -0.131. The summed E-state index contributed by atoms with van der Waals surface area (Å²) in [6, 6.07) is 16.0. The van der Waals surface area contributed by atoms with Crippen molar-refractivity contribution in [3.8, 4) is 0 Å². The number of thioether (sulfide) groups is 1. The molecule has 1 aliphatic heterocycles. The summed E-state index contributed by atoms with van der Waals surface area (Å²) in [5.74, 6) is 0.940. The highest BCUT2D eigenvalue weighted by Gasteiger charge is 2.34. The lowest BCUT2D eigenvalue weighted by Gasteiger charge is -2.27. The molecule has 0 spiro atoms. The Bertz CT molecular complexity index is 704. The molecule has 2 unspecified atom stereocenters. The van der Waals surface area contributed by atoms with Crippen LogP contribution in [0.25, 0.3) is 0 Å². The first-order valence-corrected chi connectivity index (χ1v) is 9.24. The van der Waals surface area contributed by atoms with Gasteiger partial charge < -0.3 is 4.90 Å². The van der Waals surface area contributed by atoms with Gasteiger partial charge in [0.1, 0.15) is 10.8 Å². The van der Waals surface area contributed by atoms with Gasteiger partial charge in [0.25, 0.3) is 0 Å². The van der Waals surface area contributed by atoms with Gasteiger partial charge in [0.2, 0.25) is 5.91 Å². The van der Waals surface area contributed by atoms with Crippen molar-refractivity contribution in [2.24, 2.45) is 0 Å². The number of amides is 1. The van der Waals surface area contributed by atoms with Crippen molar-refractivity contribution in [2.75, 3.05) is 12.3 Å². The topological polar surface area (TPSA) is 20.3 Å². The van der Waals surface area contributed by atoms with Crippen LogP contribution in [0.4, 0.5) is 0 Å². The summed E-state index contributed by atoms with van der Waals surface area (Å²) in [5, 5.41) is -0.559. The summed E-state index contributed by atoms with van der Waals surface area (Å²) >= 11 is 8.27. The molecule has 4 heteroatoms. The Morgan fingerprint density at radius 1 is 1.22 bits per heavy atom. The molecule has 2 aromatic rings. The van der Waals surface area contributed by atoms with Crippen LogP contribution in [0.3, 0.4) is 0 Å². The Hall–Kier alpha value is -1.45. The molecule has 3 rings (SSSR count). The maximum Gasteiger partial charge on any atom is 0.246 e. The van der Waals surface area contributed by atoms with Crippen LogP contribution in [0.2, 0.25) is 0 Å². The van der Waals surface area contributed by atoms with Crippen LogP contribution < -0.4 is 0 Å². The van der Waals surface area contributed by atoms with Crippen LogP contribution in [0.1, 0.15) is 33.0 Å². The SMILES string of the molecule is Cc1ccc(C2SCCN2C(=O)C(Cl)c2ccccc2)c(C)c1. The predicted molar refractivity (Wildman–Crippen MR) is 97.9 cm³/mol. The summed E-state index contributed by atoms with van der Waals surface area (Å²) < 4.78 is 0. The molecule has 1 amide bonds. The minimum absolute atomic E-state index is 0.00663. The minimum atomic E-state index is -0.622. The van der Waals surface area contributed by atoms with Gasteiger partial charge in [-0.2, -0.15) is 0 Å². The molecule has 1 saturated heterocycles. The number of hydrogen-bond acceptors (Lipinski definition) is 2. The molecule has 0 bridgehead atoms. The number of hydrogen-bond donors (Lipinski definition) is 0. The van der Waals surface area contributed by atoms with Crippen molar-refractivity contribution in [2.45, 2.75) is 24.6 Å². The molecule has 0 N–H and O–H groups in total. The van der Waals surface area contributed by atoms with Gasteiger partial charge in [0.05, 0.1) is 0 Å². The third-order valence-electron chi connectivity index (χ3n) is 4.17. The van der Waals surface area contributed by atoms with Crippen LogP contribution in [0.5, 0.6) is 0 Å². The number of carbonyl (C=O) groups is 1. The molecule has 23 heavy (non-hydrogen) atoms. The van der Waals surface area contributed by atoms with E-state index in [2.05, 4.69) is 32.0 Å². The first kappa shape index (κ1) is 16.4. The zero-order valence-electron chi connectivity index (χ0n) is 13.3. The zero-order chi connectivity index (χ0) is 16.4. The molecule has 2 aromatic carbocycles. The van der Waals surface area contributed by atoms with Gasteiger partial charge in [-0.05, 0) is 30.5 Å². The third-order valence-corrected chi connectivity index (χ3v) is 5.86. The third kappa shape index (κ3) is 3.41. The molecule has 0 radical (unpaired) electrons. The fraction of sp³-hybridized carbons (Fsp3) is 0.316. The van der Waals surface area contributed by atoms with E-state index in [1.54, 1.807) is 0 Å². The molecule has 2 nitrogen and oxygen atoms in total. The van der Waals surface area contributed by atoms with Crippen LogP contribution in [0.15, 0.2) is 48.5 Å². The average molecular weight is 346 g/mol. The molecule has 2 atom stereocenters. The van der Waals surface area contributed by atoms with E-state index < -0.39 is 5.38 Å². The summed E-state index contributed by atoms with van der Waals surface area (Å²) in [4.78, 5) is 14.8. The zero-order valence-corrected chi connectivity index (χ0v) is 14.9. The Kier molecular flexibility index (Phi) is 4.98. The van der Waals surface area contributed by atoms with Gasteiger partial charge >= 0.3 is 0 Å². The van der Waals surface area contributed by atoms with E-state index >= 15 is 0 Å². The number of carbonyl (C=O) groups excluding carboxylic acids is 1. The minimum Gasteiger partial charge on any atom is -0.324 e. The molecular weight excluding hydrogens is 326 g/mol. The number of rotatable bonds is 3. The molecule has 1 fully saturated rings. The monoisotopic (exact) mass is 345 g/mol. The van der Waals surface area contributed by atoms with E-state index in [1.165, 1.54) is 16.7 Å². The van der Waals surface area contributed by atoms with Gasteiger partial charge in [-0.15, -0.1) is 23.4 Å². The summed E-state index contributed by atoms with van der Waals surface area (Å²) in [6.07, 6.45) is 0. The highest BCUT2D eigenvalue weighted by molar-refractivity contribution is 7.99. The number of benzene rings is 2. The molecule has 0 aromatic heterocycles. The molecule has 1 heterocycles. The molecular formula is C19H20ClNOS. The number of aryl methyl sites for hydroxylation is 2. The second kappa shape index (κ2) is 6.98. The van der Waals surface area contributed by atoms with Gasteiger partial charge in [0.15, 0.2) is 0 Å². The van der Waals surface area contributed by atoms with Crippen molar-refractivity contribution in [1.29, 1.82) is 0 Å². The van der Waals surface area contributed by atoms with Crippen LogP contribution in [-0.2, 0) is 4.79 Å². The molecule has 0 saturated carbocycles. The van der Waals surface area contributed by atoms with Crippen molar-refractivity contribution in [1.82, 2.24) is 4.90 Å². The Balaban J connectivity index is 1.85. The fourth-order valence-electron chi connectivity index (χ4n) is 2.97. The maximum atomic E-state index is 12.9. The summed E-state index contributed by atoms with van der Waals surface area (Å²) in [5.41, 5.74) is 4.54. The second-order valence-electron chi connectivity index (χ2n) is 5.89. The van der Waals surface area contributed by atoms with E-state index in [-0.39, 0.29) is 11.3 Å². The van der Waals surface area contributed by atoms with Crippen molar-refractivity contribution >= 4 is 29.3 Å². The standard InChI is InChI=1S/C19H20ClNOS/c1-13-8-9-16(14(2)12-13)19-21(10-11-23-19)18(22)17(20)15-6-4-3-5-7-15/h3-9,12,17,19H,10-11H2,1-2H3. The summed E-state index contributed by atoms with van der Waals surface area (Å²) in [6.45, 7) is 4.95. The van der Waals surface area contributed by atoms with Crippen LogP contribution in [-0.4, -0.2) is 23.1 Å². The fourth-order valence-corrected chi connectivity index (χ4v) is 4.60. The highest BCUT2D eigenvalue weighted by Crippen LogP contribution is 2.41. The Morgan fingerprint density at radius 2 is 1.96 bits per heavy atom. The average Bonchev–Trinajstić information content (AvgIpc) is 3.03. The van der Waals surface area contributed by atoms with E-state index in [0.29, 0.717) is 0 Å². The number of alkyl halides is 1. The molecule has 120 valence electrons. The lowest BCUT2D eigenvalue weighted by atomic mass is 10.0. The Morgan fingerprint density at radius 3 is 2.65 bits per heavy atom. The quantitative estimate of drug-likeness (QED) is 0.740. The van der Waals surface area contributed by atoms with E-state index in [4.69, 9.17) is 11.6 Å². The Labute approximate surface area is 146 Å². The maximum absolute atomic E-state index is 12.9. The lowest BCUT2D eigenvalue weighted by Crippen LogP contribution is -2.33. The smallest absolute Gasteiger partial charge is 0.246 e. The second-order valence-corrected chi connectivity index (χ2v) is 7.51. The van der Waals surface area contributed by atoms with Gasteiger partial charge in [-0.25, -0.2) is 0 Å². The van der Waals surface area contributed by atoms with Crippen molar-refractivity contribution in [3.05, 3.63) is 70.8 Å². The molecule has 0 aliphatic carbocycles. The van der Waals surface area contributed by atoms with E-state index in [9.17, 15) is 4.79 Å². The van der Waals surface area contributed by atoms with Crippen molar-refractivity contribution < 1.29 is 4.79 Å². The van der Waals surface area contributed by atoms with E-state index in [0.717, 1.165) is 17.9 Å². The van der Waals surface area contributed by atoms with Gasteiger partial charge in [-0.3, -0.25) is 4.79 Å². The van der Waals surface area contributed by atoms with Gasteiger partial charge in [0, 0.05) is 12.3 Å². The summed E-state index contributed by atoms with van der Waals surface area (Å²) in [7, 11) is 0. The predicted octanol–water partition coefficient (Wildman–Crippen LogP) is 4.86. The van der Waals surface area contributed by atoms with Gasteiger partial charge in [-0.1, -0.05) is 54.1 Å². The molecule has 1 aliphatic rings. The number of nitrogens with zero attached hydrogens (tertiary/aromatic N) is 1.